The largest absolute Gasteiger partial charge is 0.504 e. The Morgan fingerprint density at radius 2 is 2.04 bits per heavy atom. The summed E-state index contributed by atoms with van der Waals surface area (Å²) in [5.74, 6) is 2.77. The number of aromatic hydroxyl groups is 1. The number of phenolic OH excluding ortho intramolecular Hbond substituents is 1. The zero-order valence-corrected chi connectivity index (χ0v) is 14.8. The van der Waals surface area contributed by atoms with Gasteiger partial charge in [0.25, 0.3) is 0 Å². The van der Waals surface area contributed by atoms with Crippen LogP contribution in [0, 0.1) is 0 Å². The lowest BCUT2D eigenvalue weighted by Gasteiger charge is -2.28. The molecule has 2 aliphatic rings. The van der Waals surface area contributed by atoms with Crippen LogP contribution < -0.4 is 14.2 Å². The van der Waals surface area contributed by atoms with Crippen LogP contribution in [0.4, 0.5) is 0 Å². The Kier molecular flexibility index (Phi) is 2.91. The topological polar surface area (TPSA) is 61.1 Å². The first kappa shape index (κ1) is 15.2. The van der Waals surface area contributed by atoms with Crippen molar-refractivity contribution in [1.82, 2.24) is 0 Å². The Hall–Kier alpha value is -3.08. The molecule has 3 heterocycles. The van der Waals surface area contributed by atoms with Crippen molar-refractivity contribution in [2.75, 3.05) is 7.11 Å². The Labute approximate surface area is 150 Å². The minimum Gasteiger partial charge on any atom is -0.504 e. The van der Waals surface area contributed by atoms with E-state index < -0.39 is 5.60 Å². The molecular formula is C21H18O5. The lowest BCUT2D eigenvalue weighted by molar-refractivity contribution is 0.153. The van der Waals surface area contributed by atoms with Crippen LogP contribution in [0.1, 0.15) is 25.0 Å². The highest BCUT2D eigenvalue weighted by Gasteiger charge is 2.31. The molecule has 0 radical (unpaired) electrons. The molecule has 5 heteroatoms. The van der Waals surface area contributed by atoms with Gasteiger partial charge in [0.2, 0.25) is 0 Å². The number of phenols is 1. The van der Waals surface area contributed by atoms with Crippen LogP contribution in [0.25, 0.3) is 28.4 Å². The van der Waals surface area contributed by atoms with Crippen LogP contribution in [0.3, 0.4) is 0 Å². The second kappa shape index (κ2) is 4.97. The molecule has 0 saturated heterocycles. The average molecular weight is 350 g/mol. The standard InChI is InChI=1S/C21H18O5/c1-21(2)7-6-13-19-14(9-16(22)20(13)26-21)15-10-24-17-8-11(23-3)4-5-12(17)18(15)25-19/h4-9,22H,10H2,1-3H3. The predicted octanol–water partition coefficient (Wildman–Crippen LogP) is 4.89. The van der Waals surface area contributed by atoms with Gasteiger partial charge in [-0.1, -0.05) is 0 Å². The van der Waals surface area contributed by atoms with Crippen LogP contribution >= 0.6 is 0 Å². The van der Waals surface area contributed by atoms with Gasteiger partial charge in [0.15, 0.2) is 11.5 Å². The molecule has 5 rings (SSSR count). The number of ether oxygens (including phenoxy) is 3. The third-order valence-corrected chi connectivity index (χ3v) is 4.87. The molecule has 1 N–H and O–H groups in total. The average Bonchev–Trinajstić information content (AvgIpc) is 2.99. The highest BCUT2D eigenvalue weighted by Crippen LogP contribution is 2.49. The van der Waals surface area contributed by atoms with Crippen LogP contribution in [-0.2, 0) is 6.61 Å². The first-order chi connectivity index (χ1) is 12.5. The minimum absolute atomic E-state index is 0.106. The molecule has 3 aromatic rings. The normalized spacial score (nSPS) is 16.3. The summed E-state index contributed by atoms with van der Waals surface area (Å²) in [5, 5.41) is 11.4. The van der Waals surface area contributed by atoms with Crippen molar-refractivity contribution in [2.45, 2.75) is 26.1 Å². The van der Waals surface area contributed by atoms with Gasteiger partial charge in [0, 0.05) is 17.0 Å². The number of fused-ring (bicyclic) bond motifs is 7. The summed E-state index contributed by atoms with van der Waals surface area (Å²) in [5.41, 5.74) is 2.77. The summed E-state index contributed by atoms with van der Waals surface area (Å²) < 4.78 is 23.4. The van der Waals surface area contributed by atoms with E-state index in [1.54, 1.807) is 13.2 Å². The molecule has 0 fully saturated rings. The van der Waals surface area contributed by atoms with Crippen LogP contribution in [0.5, 0.6) is 23.0 Å². The SMILES string of the molecule is COc1ccc2c(c1)OCc1c-2oc2c3c(c(O)cc12)OC(C)(C)C=C3. The number of rotatable bonds is 1. The molecule has 132 valence electrons. The number of benzene rings is 2. The van der Waals surface area contributed by atoms with Gasteiger partial charge in [-0.2, -0.15) is 0 Å². The Bertz CT molecular complexity index is 1090. The van der Waals surface area contributed by atoms with Crippen molar-refractivity contribution in [1.29, 1.82) is 0 Å². The quantitative estimate of drug-likeness (QED) is 0.677. The zero-order chi connectivity index (χ0) is 18.1. The first-order valence-electron chi connectivity index (χ1n) is 8.47. The summed E-state index contributed by atoms with van der Waals surface area (Å²) in [7, 11) is 1.63. The number of furan rings is 1. The molecule has 2 aliphatic heterocycles. The summed E-state index contributed by atoms with van der Waals surface area (Å²) in [4.78, 5) is 0. The molecule has 0 unspecified atom stereocenters. The van der Waals surface area contributed by atoms with E-state index in [0.717, 1.165) is 39.3 Å². The highest BCUT2D eigenvalue weighted by molar-refractivity contribution is 5.98. The highest BCUT2D eigenvalue weighted by atomic mass is 16.5. The smallest absolute Gasteiger partial charge is 0.173 e. The summed E-state index contributed by atoms with van der Waals surface area (Å²) >= 11 is 0. The van der Waals surface area contributed by atoms with Gasteiger partial charge in [-0.25, -0.2) is 0 Å². The Morgan fingerprint density at radius 1 is 1.19 bits per heavy atom. The van der Waals surface area contributed by atoms with E-state index in [1.807, 2.05) is 44.2 Å². The summed E-state index contributed by atoms with van der Waals surface area (Å²) in [6, 6.07) is 7.35. The third-order valence-electron chi connectivity index (χ3n) is 4.87. The third kappa shape index (κ3) is 2.03. The van der Waals surface area contributed by atoms with Crippen molar-refractivity contribution in [3.63, 3.8) is 0 Å². The van der Waals surface area contributed by atoms with Crippen LogP contribution in [0.15, 0.2) is 34.8 Å². The van der Waals surface area contributed by atoms with E-state index in [4.69, 9.17) is 18.6 Å². The summed E-state index contributed by atoms with van der Waals surface area (Å²) in [6.07, 6.45) is 3.91. The van der Waals surface area contributed by atoms with E-state index in [-0.39, 0.29) is 5.75 Å². The molecule has 0 bridgehead atoms. The zero-order valence-electron chi connectivity index (χ0n) is 14.8. The first-order valence-corrected chi connectivity index (χ1v) is 8.47. The van der Waals surface area contributed by atoms with Crippen LogP contribution in [0.2, 0.25) is 0 Å². The molecule has 0 amide bonds. The fourth-order valence-electron chi connectivity index (χ4n) is 3.56. The van der Waals surface area contributed by atoms with E-state index in [9.17, 15) is 5.11 Å². The molecule has 0 saturated carbocycles. The van der Waals surface area contributed by atoms with Crippen molar-refractivity contribution in [2.24, 2.45) is 0 Å². The Morgan fingerprint density at radius 3 is 2.85 bits per heavy atom. The molecule has 0 aliphatic carbocycles. The molecular weight excluding hydrogens is 332 g/mol. The van der Waals surface area contributed by atoms with E-state index in [1.165, 1.54) is 0 Å². The molecule has 0 atom stereocenters. The van der Waals surface area contributed by atoms with Crippen molar-refractivity contribution >= 4 is 17.0 Å². The van der Waals surface area contributed by atoms with Gasteiger partial charge in [0.05, 0.1) is 18.2 Å². The van der Waals surface area contributed by atoms with Crippen LogP contribution in [-0.4, -0.2) is 17.8 Å². The van der Waals surface area contributed by atoms with Crippen molar-refractivity contribution in [3.8, 4) is 34.3 Å². The van der Waals surface area contributed by atoms with Gasteiger partial charge in [-0.3, -0.25) is 0 Å². The Balaban J connectivity index is 1.77. The maximum absolute atomic E-state index is 10.5. The molecule has 26 heavy (non-hydrogen) atoms. The van der Waals surface area contributed by atoms with Gasteiger partial charge < -0.3 is 23.7 Å². The predicted molar refractivity (Wildman–Crippen MR) is 97.9 cm³/mol. The summed E-state index contributed by atoms with van der Waals surface area (Å²) in [6.45, 7) is 4.26. The molecule has 0 spiro atoms. The second-order valence-electron chi connectivity index (χ2n) is 7.11. The fraction of sp³-hybridized carbons (Fsp3) is 0.238. The van der Waals surface area contributed by atoms with Gasteiger partial charge >= 0.3 is 0 Å². The van der Waals surface area contributed by atoms with Crippen molar-refractivity contribution < 1.29 is 23.7 Å². The lowest BCUT2D eigenvalue weighted by Crippen LogP contribution is -2.27. The maximum Gasteiger partial charge on any atom is 0.173 e. The van der Waals surface area contributed by atoms with E-state index in [0.29, 0.717) is 17.9 Å². The van der Waals surface area contributed by atoms with E-state index >= 15 is 0 Å². The minimum atomic E-state index is -0.476. The second-order valence-corrected chi connectivity index (χ2v) is 7.11. The molecule has 1 aromatic heterocycles. The van der Waals surface area contributed by atoms with E-state index in [2.05, 4.69) is 0 Å². The number of hydrogen-bond acceptors (Lipinski definition) is 5. The number of hydrogen-bond donors (Lipinski definition) is 1. The van der Waals surface area contributed by atoms with Gasteiger partial charge in [0.1, 0.15) is 35.1 Å². The number of methoxy groups -OCH3 is 1. The van der Waals surface area contributed by atoms with Gasteiger partial charge in [-0.05, 0) is 44.2 Å². The van der Waals surface area contributed by atoms with Crippen molar-refractivity contribution in [3.05, 3.63) is 41.5 Å². The fourth-order valence-corrected chi connectivity index (χ4v) is 3.56. The lowest BCUT2D eigenvalue weighted by atomic mass is 9.98. The molecule has 5 nitrogen and oxygen atoms in total. The molecule has 2 aromatic carbocycles. The maximum atomic E-state index is 10.5. The monoisotopic (exact) mass is 350 g/mol. The van der Waals surface area contributed by atoms with Gasteiger partial charge in [-0.15, -0.1) is 0 Å².